The van der Waals surface area contributed by atoms with Gasteiger partial charge in [-0.15, -0.1) is 0 Å². The second-order valence-electron chi connectivity index (χ2n) is 5.05. The second kappa shape index (κ2) is 6.06. The zero-order chi connectivity index (χ0) is 12.1. The minimum absolute atomic E-state index is 0.646. The molecule has 1 aliphatic rings. The summed E-state index contributed by atoms with van der Waals surface area (Å²) in [6, 6.07) is 9.13. The third kappa shape index (κ3) is 3.47. The van der Waals surface area contributed by atoms with Gasteiger partial charge >= 0.3 is 0 Å². The van der Waals surface area contributed by atoms with Crippen molar-refractivity contribution in [1.82, 2.24) is 0 Å². The summed E-state index contributed by atoms with van der Waals surface area (Å²) in [5.41, 5.74) is 2.52. The third-order valence-electron chi connectivity index (χ3n) is 3.53. The van der Waals surface area contributed by atoms with Gasteiger partial charge in [-0.2, -0.15) is 0 Å². The molecule has 1 aromatic carbocycles. The van der Waals surface area contributed by atoms with E-state index in [-0.39, 0.29) is 0 Å². The summed E-state index contributed by atoms with van der Waals surface area (Å²) in [5.74, 6) is 0.867. The van der Waals surface area contributed by atoms with E-state index in [9.17, 15) is 0 Å². The first-order chi connectivity index (χ1) is 8.29. The van der Waals surface area contributed by atoms with Crippen molar-refractivity contribution >= 4 is 5.69 Å². The predicted molar refractivity (Wildman–Crippen MR) is 72.2 cm³/mol. The van der Waals surface area contributed by atoms with Crippen LogP contribution in [0, 0.1) is 5.92 Å². The Morgan fingerprint density at radius 1 is 1.29 bits per heavy atom. The Bertz CT molecular complexity index is 351. The lowest BCUT2D eigenvalue weighted by Gasteiger charge is -2.17. The van der Waals surface area contributed by atoms with Gasteiger partial charge < -0.3 is 10.1 Å². The molecule has 0 bridgehead atoms. The first-order valence-electron chi connectivity index (χ1n) is 6.71. The van der Waals surface area contributed by atoms with Crippen LogP contribution in [0.15, 0.2) is 24.3 Å². The van der Waals surface area contributed by atoms with Gasteiger partial charge in [-0.25, -0.2) is 0 Å². The third-order valence-corrected chi connectivity index (χ3v) is 3.53. The molecule has 2 rings (SSSR count). The van der Waals surface area contributed by atoms with Crippen molar-refractivity contribution in [3.63, 3.8) is 0 Å². The van der Waals surface area contributed by atoms with E-state index in [1.54, 1.807) is 0 Å². The first-order valence-corrected chi connectivity index (χ1v) is 6.71. The van der Waals surface area contributed by atoms with Crippen LogP contribution in [-0.2, 0) is 11.3 Å². The van der Waals surface area contributed by atoms with Crippen LogP contribution in [0.4, 0.5) is 5.69 Å². The molecule has 0 amide bonds. The molecule has 1 fully saturated rings. The lowest BCUT2D eigenvalue weighted by molar-refractivity contribution is 0.134. The molecule has 0 heterocycles. The highest BCUT2D eigenvalue weighted by molar-refractivity contribution is 5.51. The van der Waals surface area contributed by atoms with Crippen molar-refractivity contribution in [3.05, 3.63) is 29.8 Å². The monoisotopic (exact) mass is 233 g/mol. The molecule has 94 valence electrons. The molecular formula is C15H23NO. The van der Waals surface area contributed by atoms with Crippen molar-refractivity contribution in [2.75, 3.05) is 11.9 Å². The molecule has 1 aromatic rings. The highest BCUT2D eigenvalue weighted by atomic mass is 16.5. The normalized spacial score (nSPS) is 23.9. The topological polar surface area (TPSA) is 21.3 Å². The standard InChI is InChI=1S/C15H23NO/c1-3-17-11-13-6-4-5-7-15(13)16-14-9-8-12(2)10-14/h4-7,12,14,16H,3,8-11H2,1-2H3. The van der Waals surface area contributed by atoms with Gasteiger partial charge in [-0.05, 0) is 38.2 Å². The molecular weight excluding hydrogens is 210 g/mol. The molecule has 0 aliphatic heterocycles. The first kappa shape index (κ1) is 12.4. The molecule has 2 nitrogen and oxygen atoms in total. The fourth-order valence-corrected chi connectivity index (χ4v) is 2.56. The quantitative estimate of drug-likeness (QED) is 0.834. The molecule has 1 saturated carbocycles. The smallest absolute Gasteiger partial charge is 0.0736 e. The molecule has 1 N–H and O–H groups in total. The van der Waals surface area contributed by atoms with Crippen molar-refractivity contribution in [2.24, 2.45) is 5.92 Å². The van der Waals surface area contributed by atoms with E-state index >= 15 is 0 Å². The summed E-state index contributed by atoms with van der Waals surface area (Å²) in [6.45, 7) is 5.86. The van der Waals surface area contributed by atoms with Crippen LogP contribution in [0.1, 0.15) is 38.7 Å². The van der Waals surface area contributed by atoms with Crippen LogP contribution in [0.3, 0.4) is 0 Å². The zero-order valence-corrected chi connectivity index (χ0v) is 10.9. The van der Waals surface area contributed by atoms with E-state index in [4.69, 9.17) is 4.74 Å². The van der Waals surface area contributed by atoms with Gasteiger partial charge in [0.1, 0.15) is 0 Å². The van der Waals surface area contributed by atoms with Gasteiger partial charge in [0.2, 0.25) is 0 Å². The molecule has 0 spiro atoms. The SMILES string of the molecule is CCOCc1ccccc1NC1CCC(C)C1. The van der Waals surface area contributed by atoms with Gasteiger partial charge in [0.25, 0.3) is 0 Å². The summed E-state index contributed by atoms with van der Waals surface area (Å²) in [6.07, 6.45) is 3.94. The highest BCUT2D eigenvalue weighted by Gasteiger charge is 2.21. The molecule has 2 atom stereocenters. The summed E-state index contributed by atoms with van der Waals surface area (Å²) < 4.78 is 5.51. The number of benzene rings is 1. The Labute approximate surface area is 104 Å². The molecule has 1 aliphatic carbocycles. The molecule has 17 heavy (non-hydrogen) atoms. The van der Waals surface area contributed by atoms with E-state index in [1.165, 1.54) is 30.5 Å². The van der Waals surface area contributed by atoms with Crippen LogP contribution < -0.4 is 5.32 Å². The maximum absolute atomic E-state index is 5.51. The average molecular weight is 233 g/mol. The second-order valence-corrected chi connectivity index (χ2v) is 5.05. The van der Waals surface area contributed by atoms with Crippen LogP contribution in [0.2, 0.25) is 0 Å². The Morgan fingerprint density at radius 2 is 2.12 bits per heavy atom. The fourth-order valence-electron chi connectivity index (χ4n) is 2.56. The van der Waals surface area contributed by atoms with Crippen LogP contribution in [-0.4, -0.2) is 12.6 Å². The highest BCUT2D eigenvalue weighted by Crippen LogP contribution is 2.28. The number of ether oxygens (including phenoxy) is 1. The van der Waals surface area contributed by atoms with Gasteiger partial charge in [0.05, 0.1) is 6.61 Å². The van der Waals surface area contributed by atoms with E-state index < -0.39 is 0 Å². The van der Waals surface area contributed by atoms with E-state index in [1.807, 2.05) is 6.92 Å². The Kier molecular flexibility index (Phi) is 4.43. The van der Waals surface area contributed by atoms with E-state index in [0.29, 0.717) is 12.6 Å². The maximum atomic E-state index is 5.51. The lowest BCUT2D eigenvalue weighted by Crippen LogP contribution is -2.16. The molecule has 0 aromatic heterocycles. The van der Waals surface area contributed by atoms with Crippen LogP contribution in [0.25, 0.3) is 0 Å². The Morgan fingerprint density at radius 3 is 2.82 bits per heavy atom. The number of rotatable bonds is 5. The van der Waals surface area contributed by atoms with Crippen LogP contribution >= 0.6 is 0 Å². The Hall–Kier alpha value is -1.02. The molecule has 2 heteroatoms. The zero-order valence-electron chi connectivity index (χ0n) is 10.9. The van der Waals surface area contributed by atoms with Crippen molar-refractivity contribution < 1.29 is 4.74 Å². The number of anilines is 1. The number of para-hydroxylation sites is 1. The van der Waals surface area contributed by atoms with Crippen LogP contribution in [0.5, 0.6) is 0 Å². The molecule has 0 radical (unpaired) electrons. The average Bonchev–Trinajstić information content (AvgIpc) is 2.74. The summed E-state index contributed by atoms with van der Waals surface area (Å²) in [4.78, 5) is 0. The summed E-state index contributed by atoms with van der Waals surface area (Å²) in [7, 11) is 0. The maximum Gasteiger partial charge on any atom is 0.0736 e. The van der Waals surface area contributed by atoms with Gasteiger partial charge in [0.15, 0.2) is 0 Å². The van der Waals surface area contributed by atoms with Gasteiger partial charge in [0, 0.05) is 23.9 Å². The largest absolute Gasteiger partial charge is 0.382 e. The van der Waals surface area contributed by atoms with Crippen molar-refractivity contribution in [3.8, 4) is 0 Å². The summed E-state index contributed by atoms with van der Waals surface area (Å²) >= 11 is 0. The Balaban J connectivity index is 1.99. The number of nitrogens with one attached hydrogen (secondary N) is 1. The minimum Gasteiger partial charge on any atom is -0.382 e. The number of hydrogen-bond acceptors (Lipinski definition) is 2. The minimum atomic E-state index is 0.646. The van der Waals surface area contributed by atoms with Crippen molar-refractivity contribution in [1.29, 1.82) is 0 Å². The van der Waals surface area contributed by atoms with Gasteiger partial charge in [-0.3, -0.25) is 0 Å². The van der Waals surface area contributed by atoms with E-state index in [2.05, 4.69) is 36.5 Å². The summed E-state index contributed by atoms with van der Waals surface area (Å²) in [5, 5.41) is 3.67. The predicted octanol–water partition coefficient (Wildman–Crippen LogP) is 3.82. The van der Waals surface area contributed by atoms with Gasteiger partial charge in [-0.1, -0.05) is 25.1 Å². The fraction of sp³-hybridized carbons (Fsp3) is 0.600. The lowest BCUT2D eigenvalue weighted by atomic mass is 10.1. The molecule has 0 saturated heterocycles. The van der Waals surface area contributed by atoms with Crippen molar-refractivity contribution in [2.45, 2.75) is 45.8 Å². The van der Waals surface area contributed by atoms with E-state index in [0.717, 1.165) is 12.5 Å². The molecule has 2 unspecified atom stereocenters. The number of hydrogen-bond donors (Lipinski definition) is 1.